The highest BCUT2D eigenvalue weighted by Gasteiger charge is 2.40. The van der Waals surface area contributed by atoms with Crippen molar-refractivity contribution < 1.29 is 9.59 Å². The first kappa shape index (κ1) is 18.0. The first-order chi connectivity index (χ1) is 13.5. The number of nitrogens with two attached hydrogens (primary N) is 1. The van der Waals surface area contributed by atoms with Gasteiger partial charge in [-0.2, -0.15) is 0 Å². The number of hydrogen-bond donors (Lipinski definition) is 2. The largest absolute Gasteiger partial charge is 0.394 e. The second kappa shape index (κ2) is 7.00. The Bertz CT molecular complexity index is 1090. The summed E-state index contributed by atoms with van der Waals surface area (Å²) in [6, 6.07) is 15.6. The van der Waals surface area contributed by atoms with Crippen LogP contribution in [0.25, 0.3) is 10.9 Å². The highest BCUT2D eigenvalue weighted by Crippen LogP contribution is 2.37. The number of para-hydroxylation sites is 1. The number of nitrogens with one attached hydrogen (secondary N) is 1. The number of H-pyrrole nitrogens is 1. The van der Waals surface area contributed by atoms with Crippen molar-refractivity contribution in [3.63, 3.8) is 0 Å². The van der Waals surface area contributed by atoms with Gasteiger partial charge in [-0.05, 0) is 37.5 Å². The van der Waals surface area contributed by atoms with Gasteiger partial charge in [0, 0.05) is 23.6 Å². The van der Waals surface area contributed by atoms with Gasteiger partial charge in [-0.1, -0.05) is 48.0 Å². The van der Waals surface area contributed by atoms with Crippen molar-refractivity contribution >= 4 is 22.6 Å². The molecule has 0 radical (unpaired) electrons. The standard InChI is InChI=1S/C23H23N3O2/c1-14-7-9-16(10-8-14)22-20(15(2)27)21(24)23(28)26(22)12-11-17-13-25-19-6-4-3-5-18(17)19/h3-10,13,22,25H,11-12,24H2,1-2H3. The molecule has 5 nitrogen and oxygen atoms in total. The van der Waals surface area contributed by atoms with Gasteiger partial charge in [0.2, 0.25) is 0 Å². The first-order valence-electron chi connectivity index (χ1n) is 9.40. The summed E-state index contributed by atoms with van der Waals surface area (Å²) >= 11 is 0. The zero-order chi connectivity index (χ0) is 19.8. The highest BCUT2D eigenvalue weighted by molar-refractivity contribution is 6.09. The van der Waals surface area contributed by atoms with Gasteiger partial charge < -0.3 is 15.6 Å². The lowest BCUT2D eigenvalue weighted by atomic mass is 9.95. The molecule has 0 fully saturated rings. The molecule has 0 saturated heterocycles. The van der Waals surface area contributed by atoms with Crippen molar-refractivity contribution in [2.45, 2.75) is 26.3 Å². The summed E-state index contributed by atoms with van der Waals surface area (Å²) in [4.78, 5) is 30.1. The number of aryl methyl sites for hydroxylation is 1. The van der Waals surface area contributed by atoms with Crippen molar-refractivity contribution in [3.05, 3.63) is 82.7 Å². The number of aromatic amines is 1. The number of hydrogen-bond acceptors (Lipinski definition) is 3. The summed E-state index contributed by atoms with van der Waals surface area (Å²) in [5.41, 5.74) is 10.8. The summed E-state index contributed by atoms with van der Waals surface area (Å²) < 4.78 is 0. The summed E-state index contributed by atoms with van der Waals surface area (Å²) in [7, 11) is 0. The molecule has 3 aromatic rings. The minimum atomic E-state index is -0.434. The quantitative estimate of drug-likeness (QED) is 0.719. The van der Waals surface area contributed by atoms with Crippen LogP contribution in [-0.2, 0) is 16.0 Å². The predicted octanol–water partition coefficient (Wildman–Crippen LogP) is 3.40. The second-order valence-corrected chi connectivity index (χ2v) is 7.30. The van der Waals surface area contributed by atoms with Crippen LogP contribution in [0.4, 0.5) is 0 Å². The molecular formula is C23H23N3O2. The van der Waals surface area contributed by atoms with Gasteiger partial charge >= 0.3 is 0 Å². The molecule has 0 aliphatic carbocycles. The monoisotopic (exact) mass is 373 g/mol. The molecule has 2 heterocycles. The molecule has 142 valence electrons. The van der Waals surface area contributed by atoms with Crippen LogP contribution in [0.1, 0.15) is 29.7 Å². The van der Waals surface area contributed by atoms with E-state index in [1.54, 1.807) is 4.90 Å². The van der Waals surface area contributed by atoms with Gasteiger partial charge in [0.25, 0.3) is 5.91 Å². The molecule has 0 bridgehead atoms. The molecule has 5 heteroatoms. The molecule has 1 aromatic heterocycles. The maximum Gasteiger partial charge on any atom is 0.271 e. The third-order valence-corrected chi connectivity index (χ3v) is 5.44. The molecule has 1 atom stereocenters. The minimum absolute atomic E-state index is 0.0667. The fourth-order valence-corrected chi connectivity index (χ4v) is 3.98. The minimum Gasteiger partial charge on any atom is -0.394 e. The van der Waals surface area contributed by atoms with E-state index in [1.807, 2.05) is 55.6 Å². The lowest BCUT2D eigenvalue weighted by Gasteiger charge is -2.27. The number of aromatic nitrogens is 1. The first-order valence-corrected chi connectivity index (χ1v) is 9.40. The lowest BCUT2D eigenvalue weighted by molar-refractivity contribution is -0.127. The molecule has 1 amide bonds. The Kier molecular flexibility index (Phi) is 4.51. The fraction of sp³-hybridized carbons (Fsp3) is 0.217. The summed E-state index contributed by atoms with van der Waals surface area (Å²) in [5.74, 6) is -0.429. The molecule has 0 saturated carbocycles. The zero-order valence-electron chi connectivity index (χ0n) is 16.0. The fourth-order valence-electron chi connectivity index (χ4n) is 3.98. The number of fused-ring (bicyclic) bond motifs is 1. The van der Waals surface area contributed by atoms with E-state index in [0.717, 1.165) is 27.6 Å². The van der Waals surface area contributed by atoms with Crippen molar-refractivity contribution in [2.24, 2.45) is 5.73 Å². The Morgan fingerprint density at radius 2 is 1.86 bits per heavy atom. The van der Waals surface area contributed by atoms with E-state index < -0.39 is 6.04 Å². The summed E-state index contributed by atoms with van der Waals surface area (Å²) in [6.07, 6.45) is 2.66. The van der Waals surface area contributed by atoms with Crippen molar-refractivity contribution in [3.8, 4) is 0 Å². The van der Waals surface area contributed by atoms with E-state index in [-0.39, 0.29) is 17.4 Å². The van der Waals surface area contributed by atoms with E-state index in [2.05, 4.69) is 11.1 Å². The maximum absolute atomic E-state index is 12.9. The highest BCUT2D eigenvalue weighted by atomic mass is 16.2. The normalized spacial score (nSPS) is 17.0. The Labute approximate surface area is 163 Å². The molecule has 2 aromatic carbocycles. The average Bonchev–Trinajstić information content (AvgIpc) is 3.20. The molecule has 0 spiro atoms. The number of ketones is 1. The second-order valence-electron chi connectivity index (χ2n) is 7.30. The molecule has 1 unspecified atom stereocenters. The average molecular weight is 373 g/mol. The van der Waals surface area contributed by atoms with E-state index in [9.17, 15) is 9.59 Å². The third kappa shape index (κ3) is 2.99. The van der Waals surface area contributed by atoms with Crippen molar-refractivity contribution in [2.75, 3.05) is 6.54 Å². The topological polar surface area (TPSA) is 79.2 Å². The third-order valence-electron chi connectivity index (χ3n) is 5.44. The summed E-state index contributed by atoms with van der Waals surface area (Å²) in [5, 5.41) is 1.15. The van der Waals surface area contributed by atoms with Crippen LogP contribution in [0.15, 0.2) is 66.0 Å². The van der Waals surface area contributed by atoms with Crippen LogP contribution in [0, 0.1) is 6.92 Å². The van der Waals surface area contributed by atoms with E-state index >= 15 is 0 Å². The smallest absolute Gasteiger partial charge is 0.271 e. The lowest BCUT2D eigenvalue weighted by Crippen LogP contribution is -2.33. The number of rotatable bonds is 5. The number of amides is 1. The molecule has 4 rings (SSSR count). The van der Waals surface area contributed by atoms with E-state index in [4.69, 9.17) is 5.73 Å². The van der Waals surface area contributed by atoms with Crippen molar-refractivity contribution in [1.82, 2.24) is 9.88 Å². The van der Waals surface area contributed by atoms with Crippen LogP contribution < -0.4 is 5.73 Å². The van der Waals surface area contributed by atoms with Gasteiger partial charge in [-0.25, -0.2) is 0 Å². The van der Waals surface area contributed by atoms with Crippen LogP contribution in [0.5, 0.6) is 0 Å². The molecule has 3 N–H and O–H groups in total. The van der Waals surface area contributed by atoms with Crippen LogP contribution >= 0.6 is 0 Å². The Balaban J connectivity index is 1.67. The number of carbonyl (C=O) groups excluding carboxylic acids is 2. The Morgan fingerprint density at radius 3 is 2.57 bits per heavy atom. The number of Topliss-reactive ketones (excluding diaryl/α,β-unsaturated/α-hetero) is 1. The van der Waals surface area contributed by atoms with Gasteiger partial charge in [0.1, 0.15) is 5.70 Å². The zero-order valence-corrected chi connectivity index (χ0v) is 16.0. The number of benzene rings is 2. The van der Waals surface area contributed by atoms with Crippen molar-refractivity contribution in [1.29, 1.82) is 0 Å². The van der Waals surface area contributed by atoms with Crippen LogP contribution in [-0.4, -0.2) is 28.1 Å². The SMILES string of the molecule is CC(=O)C1=C(N)C(=O)N(CCc2c[nH]c3ccccc23)C1c1ccc(C)cc1. The number of nitrogens with zero attached hydrogens (tertiary/aromatic N) is 1. The van der Waals surface area contributed by atoms with E-state index in [0.29, 0.717) is 18.5 Å². The van der Waals surface area contributed by atoms with Gasteiger partial charge in [0.05, 0.1) is 11.6 Å². The van der Waals surface area contributed by atoms with Gasteiger partial charge in [-0.15, -0.1) is 0 Å². The predicted molar refractivity (Wildman–Crippen MR) is 110 cm³/mol. The van der Waals surface area contributed by atoms with Crippen LogP contribution in [0.2, 0.25) is 0 Å². The maximum atomic E-state index is 12.9. The van der Waals surface area contributed by atoms with Gasteiger partial charge in [-0.3, -0.25) is 9.59 Å². The summed E-state index contributed by atoms with van der Waals surface area (Å²) in [6.45, 7) is 3.96. The molecule has 1 aliphatic rings. The Hall–Kier alpha value is -3.34. The molecule has 1 aliphatic heterocycles. The Morgan fingerprint density at radius 1 is 1.14 bits per heavy atom. The number of carbonyl (C=O) groups is 2. The van der Waals surface area contributed by atoms with Gasteiger partial charge in [0.15, 0.2) is 5.78 Å². The van der Waals surface area contributed by atoms with E-state index in [1.165, 1.54) is 6.92 Å². The molecule has 28 heavy (non-hydrogen) atoms. The molecular weight excluding hydrogens is 350 g/mol. The van der Waals surface area contributed by atoms with Crippen LogP contribution in [0.3, 0.4) is 0 Å².